The number of carbonyl (C=O) groups excluding carboxylic acids is 2. The molecule has 26 heavy (non-hydrogen) atoms. The van der Waals surface area contributed by atoms with E-state index in [1.807, 2.05) is 50.2 Å². The number of para-hydroxylation sites is 1. The molecule has 0 radical (unpaired) electrons. The molecule has 0 spiro atoms. The zero-order valence-electron chi connectivity index (χ0n) is 15.3. The number of benzene rings is 2. The molecule has 136 valence electrons. The number of rotatable bonds is 4. The summed E-state index contributed by atoms with van der Waals surface area (Å²) in [6, 6.07) is 15.0. The Kier molecular flexibility index (Phi) is 5.68. The van der Waals surface area contributed by atoms with Gasteiger partial charge in [0.1, 0.15) is 5.75 Å². The van der Waals surface area contributed by atoms with Crippen molar-refractivity contribution in [1.29, 1.82) is 0 Å². The highest BCUT2D eigenvalue weighted by molar-refractivity contribution is 5.99. The van der Waals surface area contributed by atoms with Crippen molar-refractivity contribution in [1.82, 2.24) is 9.80 Å². The minimum atomic E-state index is -0.336. The lowest BCUT2D eigenvalue weighted by Crippen LogP contribution is -2.50. The number of aryl methyl sites for hydroxylation is 2. The molecule has 3 rings (SSSR count). The van der Waals surface area contributed by atoms with Crippen LogP contribution >= 0.6 is 0 Å². The van der Waals surface area contributed by atoms with Crippen molar-refractivity contribution >= 4 is 11.9 Å². The van der Waals surface area contributed by atoms with Gasteiger partial charge in [0.25, 0.3) is 0 Å². The van der Waals surface area contributed by atoms with Gasteiger partial charge in [0.15, 0.2) is 5.78 Å². The minimum absolute atomic E-state index is 0.131. The van der Waals surface area contributed by atoms with Crippen molar-refractivity contribution in [2.75, 3.05) is 32.7 Å². The van der Waals surface area contributed by atoms with Crippen LogP contribution in [0, 0.1) is 13.8 Å². The molecule has 1 heterocycles. The summed E-state index contributed by atoms with van der Waals surface area (Å²) in [5.74, 6) is 0.677. The van der Waals surface area contributed by atoms with Gasteiger partial charge in [-0.15, -0.1) is 0 Å². The molecule has 5 nitrogen and oxygen atoms in total. The van der Waals surface area contributed by atoms with E-state index >= 15 is 0 Å². The fourth-order valence-electron chi connectivity index (χ4n) is 3.07. The molecular formula is C21H24N2O3. The summed E-state index contributed by atoms with van der Waals surface area (Å²) in [7, 11) is 0. The van der Waals surface area contributed by atoms with Crippen molar-refractivity contribution in [3.05, 3.63) is 65.2 Å². The first-order valence-electron chi connectivity index (χ1n) is 8.87. The van der Waals surface area contributed by atoms with Gasteiger partial charge in [-0.1, -0.05) is 35.9 Å². The normalized spacial score (nSPS) is 14.9. The maximum Gasteiger partial charge on any atom is 0.415 e. The van der Waals surface area contributed by atoms with Crippen LogP contribution in [0.25, 0.3) is 0 Å². The molecule has 2 aromatic carbocycles. The Bertz CT molecular complexity index is 781. The van der Waals surface area contributed by atoms with Crippen molar-refractivity contribution < 1.29 is 14.3 Å². The molecule has 0 aliphatic carbocycles. The van der Waals surface area contributed by atoms with Crippen molar-refractivity contribution in [2.45, 2.75) is 13.8 Å². The predicted molar refractivity (Wildman–Crippen MR) is 101 cm³/mol. The van der Waals surface area contributed by atoms with Gasteiger partial charge >= 0.3 is 6.09 Å². The molecule has 2 aromatic rings. The van der Waals surface area contributed by atoms with E-state index in [0.717, 1.165) is 16.7 Å². The molecule has 5 heteroatoms. The van der Waals surface area contributed by atoms with Crippen LogP contribution in [0.2, 0.25) is 0 Å². The first kappa shape index (κ1) is 18.1. The third-order valence-electron chi connectivity index (χ3n) is 4.64. The van der Waals surface area contributed by atoms with Gasteiger partial charge in [0, 0.05) is 31.7 Å². The van der Waals surface area contributed by atoms with Crippen LogP contribution in [0.3, 0.4) is 0 Å². The molecule has 0 atom stereocenters. The summed E-state index contributed by atoms with van der Waals surface area (Å²) in [5, 5.41) is 0. The Hall–Kier alpha value is -2.66. The fourth-order valence-corrected chi connectivity index (χ4v) is 3.07. The number of piperazine rings is 1. The smallest absolute Gasteiger partial charge is 0.410 e. The Morgan fingerprint density at radius 2 is 1.65 bits per heavy atom. The van der Waals surface area contributed by atoms with Crippen molar-refractivity contribution in [2.24, 2.45) is 0 Å². The van der Waals surface area contributed by atoms with Crippen LogP contribution < -0.4 is 4.74 Å². The number of carbonyl (C=O) groups is 2. The topological polar surface area (TPSA) is 49.9 Å². The van der Waals surface area contributed by atoms with E-state index in [0.29, 0.717) is 38.5 Å². The quantitative estimate of drug-likeness (QED) is 0.792. The van der Waals surface area contributed by atoms with E-state index in [1.54, 1.807) is 17.0 Å². The second-order valence-electron chi connectivity index (χ2n) is 6.69. The highest BCUT2D eigenvalue weighted by atomic mass is 16.6. The molecule has 1 aliphatic heterocycles. The minimum Gasteiger partial charge on any atom is -0.410 e. The lowest BCUT2D eigenvalue weighted by Gasteiger charge is -2.33. The SMILES string of the molecule is Cc1ccc(C)c(C(=O)CN2CCN(C(=O)Oc3ccccc3)CC2)c1. The van der Waals surface area contributed by atoms with Gasteiger partial charge in [0.2, 0.25) is 0 Å². The molecule has 1 fully saturated rings. The summed E-state index contributed by atoms with van der Waals surface area (Å²) in [5.41, 5.74) is 2.88. The summed E-state index contributed by atoms with van der Waals surface area (Å²) >= 11 is 0. The second-order valence-corrected chi connectivity index (χ2v) is 6.69. The zero-order valence-corrected chi connectivity index (χ0v) is 15.3. The van der Waals surface area contributed by atoms with E-state index < -0.39 is 0 Å². The van der Waals surface area contributed by atoms with Gasteiger partial charge in [-0.25, -0.2) is 4.79 Å². The summed E-state index contributed by atoms with van der Waals surface area (Å²) < 4.78 is 5.37. The van der Waals surface area contributed by atoms with E-state index in [1.165, 1.54) is 0 Å². The molecule has 0 aromatic heterocycles. The second kappa shape index (κ2) is 8.15. The van der Waals surface area contributed by atoms with E-state index in [9.17, 15) is 9.59 Å². The highest BCUT2D eigenvalue weighted by Gasteiger charge is 2.24. The molecule has 1 saturated heterocycles. The van der Waals surface area contributed by atoms with Crippen molar-refractivity contribution in [3.8, 4) is 5.75 Å². The maximum atomic E-state index is 12.6. The van der Waals surface area contributed by atoms with Gasteiger partial charge in [0.05, 0.1) is 6.54 Å². The standard InChI is InChI=1S/C21H24N2O3/c1-16-8-9-17(2)19(14-16)20(24)15-22-10-12-23(13-11-22)21(25)26-18-6-4-3-5-7-18/h3-9,14H,10-13,15H2,1-2H3. The molecule has 0 bridgehead atoms. The van der Waals surface area contributed by atoms with Crippen LogP contribution in [-0.4, -0.2) is 54.4 Å². The van der Waals surface area contributed by atoms with Crippen LogP contribution in [0.1, 0.15) is 21.5 Å². The summed E-state index contributed by atoms with van der Waals surface area (Å²) in [6.45, 7) is 6.79. The molecule has 0 unspecified atom stereocenters. The van der Waals surface area contributed by atoms with E-state index in [-0.39, 0.29) is 11.9 Å². The van der Waals surface area contributed by atoms with Gasteiger partial charge in [-0.2, -0.15) is 0 Å². The molecule has 1 amide bonds. The Morgan fingerprint density at radius 3 is 2.35 bits per heavy atom. The van der Waals surface area contributed by atoms with Crippen LogP contribution in [-0.2, 0) is 0 Å². The van der Waals surface area contributed by atoms with Gasteiger partial charge in [-0.05, 0) is 37.6 Å². The summed E-state index contributed by atoms with van der Waals surface area (Å²) in [4.78, 5) is 28.6. The maximum absolute atomic E-state index is 12.6. The lowest BCUT2D eigenvalue weighted by molar-refractivity contribution is 0.0845. The van der Waals surface area contributed by atoms with Gasteiger partial charge in [-0.3, -0.25) is 9.69 Å². The number of Topliss-reactive ketones (excluding diaryl/α,β-unsaturated/α-hetero) is 1. The Balaban J connectivity index is 1.51. The number of ether oxygens (including phenoxy) is 1. The molecule has 1 aliphatic rings. The van der Waals surface area contributed by atoms with Crippen LogP contribution in [0.5, 0.6) is 5.75 Å². The first-order chi connectivity index (χ1) is 12.5. The van der Waals surface area contributed by atoms with Crippen molar-refractivity contribution in [3.63, 3.8) is 0 Å². The van der Waals surface area contributed by atoms with Crippen LogP contribution in [0.15, 0.2) is 48.5 Å². The zero-order chi connectivity index (χ0) is 18.5. The largest absolute Gasteiger partial charge is 0.415 e. The van der Waals surface area contributed by atoms with E-state index in [2.05, 4.69) is 4.90 Å². The third-order valence-corrected chi connectivity index (χ3v) is 4.64. The van der Waals surface area contributed by atoms with Crippen LogP contribution in [0.4, 0.5) is 4.79 Å². The predicted octanol–water partition coefficient (Wildman–Crippen LogP) is 3.30. The molecular weight excluding hydrogens is 328 g/mol. The number of nitrogens with zero attached hydrogens (tertiary/aromatic N) is 2. The Morgan fingerprint density at radius 1 is 0.962 bits per heavy atom. The third kappa shape index (κ3) is 4.49. The number of hydrogen-bond donors (Lipinski definition) is 0. The highest BCUT2D eigenvalue weighted by Crippen LogP contribution is 2.14. The van der Waals surface area contributed by atoms with E-state index in [4.69, 9.17) is 4.74 Å². The fraction of sp³-hybridized carbons (Fsp3) is 0.333. The first-order valence-corrected chi connectivity index (χ1v) is 8.87. The molecule has 0 N–H and O–H groups in total. The number of hydrogen-bond acceptors (Lipinski definition) is 4. The average Bonchev–Trinajstić information content (AvgIpc) is 2.65. The summed E-state index contributed by atoms with van der Waals surface area (Å²) in [6.07, 6.45) is -0.336. The molecule has 0 saturated carbocycles. The Labute approximate surface area is 154 Å². The number of amides is 1. The average molecular weight is 352 g/mol. The lowest BCUT2D eigenvalue weighted by atomic mass is 10.0. The van der Waals surface area contributed by atoms with Gasteiger partial charge < -0.3 is 9.64 Å². The number of ketones is 1. The monoisotopic (exact) mass is 352 g/mol.